The molecule has 1 fully saturated rings. The number of carbonyl (C=O) groups excluding carboxylic acids is 1. The van der Waals surface area contributed by atoms with Crippen molar-refractivity contribution in [2.24, 2.45) is 5.10 Å². The van der Waals surface area contributed by atoms with Gasteiger partial charge in [-0.3, -0.25) is 9.80 Å². The lowest BCUT2D eigenvalue weighted by atomic mass is 9.84. The van der Waals surface area contributed by atoms with E-state index < -0.39 is 5.60 Å². The number of likely N-dealkylation sites (tertiary alicyclic amines) is 1. The van der Waals surface area contributed by atoms with Crippen LogP contribution in [0, 0.1) is 0 Å². The molecule has 1 unspecified atom stereocenters. The monoisotopic (exact) mass is 407 g/mol. The molecule has 2 aromatic carbocycles. The van der Waals surface area contributed by atoms with Crippen molar-refractivity contribution in [3.63, 3.8) is 0 Å². The molecule has 0 aromatic heterocycles. The molecule has 2 aliphatic heterocycles. The number of nitrogens with zero attached hydrogens (tertiary/aromatic N) is 3. The van der Waals surface area contributed by atoms with E-state index >= 15 is 0 Å². The zero-order valence-electron chi connectivity index (χ0n) is 17.4. The fourth-order valence-corrected chi connectivity index (χ4v) is 4.34. The molecule has 0 radical (unpaired) electrons. The lowest BCUT2D eigenvalue weighted by molar-refractivity contribution is -0.0268. The van der Waals surface area contributed by atoms with Crippen LogP contribution in [0.1, 0.15) is 41.6 Å². The largest absolute Gasteiger partial charge is 0.390 e. The van der Waals surface area contributed by atoms with Crippen LogP contribution in [0.4, 0.5) is 5.69 Å². The van der Waals surface area contributed by atoms with Gasteiger partial charge >= 0.3 is 0 Å². The lowest BCUT2D eigenvalue weighted by Crippen LogP contribution is -2.49. The molecule has 0 bridgehead atoms. The van der Waals surface area contributed by atoms with Crippen molar-refractivity contribution in [1.29, 1.82) is 0 Å². The normalized spacial score (nSPS) is 20.5. The molecule has 1 saturated heterocycles. The summed E-state index contributed by atoms with van der Waals surface area (Å²) in [4.78, 5) is 14.7. The first-order chi connectivity index (χ1) is 14.6. The highest BCUT2D eigenvalue weighted by atomic mass is 16.5. The van der Waals surface area contributed by atoms with Crippen LogP contribution >= 0.6 is 0 Å². The van der Waals surface area contributed by atoms with Gasteiger partial charge in [0.1, 0.15) is 0 Å². The average Bonchev–Trinajstić information content (AvgIpc) is 3.23. The Balaban J connectivity index is 1.34. The van der Waals surface area contributed by atoms with Crippen LogP contribution in [0.3, 0.4) is 0 Å². The number of carbonyl (C=O) groups is 1. The van der Waals surface area contributed by atoms with E-state index in [1.165, 1.54) is 0 Å². The van der Waals surface area contributed by atoms with Gasteiger partial charge in [-0.2, -0.15) is 5.10 Å². The van der Waals surface area contributed by atoms with Gasteiger partial charge in [-0.25, -0.2) is 0 Å². The van der Waals surface area contributed by atoms with Gasteiger partial charge in [0.05, 0.1) is 23.9 Å². The fourth-order valence-electron chi connectivity index (χ4n) is 4.34. The van der Waals surface area contributed by atoms with Gasteiger partial charge in [-0.15, -0.1) is 0 Å². The van der Waals surface area contributed by atoms with E-state index in [1.807, 2.05) is 70.7 Å². The lowest BCUT2D eigenvalue weighted by Gasteiger charge is -2.40. The molecule has 4 rings (SSSR count). The predicted octanol–water partition coefficient (Wildman–Crippen LogP) is 3.45. The van der Waals surface area contributed by atoms with E-state index in [0.717, 1.165) is 17.7 Å². The number of anilines is 1. The van der Waals surface area contributed by atoms with Crippen molar-refractivity contribution in [2.75, 3.05) is 25.2 Å². The number of hydrogen-bond acceptors (Lipinski definition) is 5. The summed E-state index contributed by atoms with van der Waals surface area (Å²) in [6.07, 6.45) is 4.56. The first kappa shape index (κ1) is 20.6. The van der Waals surface area contributed by atoms with Crippen molar-refractivity contribution in [3.05, 3.63) is 65.7 Å². The number of ether oxygens (including phenoxy) is 1. The Morgan fingerprint density at radius 2 is 1.83 bits per heavy atom. The molecule has 30 heavy (non-hydrogen) atoms. The SMILES string of the molecule is COCc1ccc(C(=O)N2CCC(O)(CC3CC=NN3c3ccccc3)CC2)cc1. The van der Waals surface area contributed by atoms with Gasteiger partial charge in [-0.05, 0) is 49.1 Å². The van der Waals surface area contributed by atoms with Gasteiger partial charge in [0.15, 0.2) is 0 Å². The van der Waals surface area contributed by atoms with Crippen LogP contribution in [-0.2, 0) is 11.3 Å². The van der Waals surface area contributed by atoms with Crippen LogP contribution in [-0.4, -0.2) is 54.0 Å². The van der Waals surface area contributed by atoms with Crippen molar-refractivity contribution < 1.29 is 14.6 Å². The molecule has 0 aliphatic carbocycles. The van der Waals surface area contributed by atoms with E-state index in [1.54, 1.807) is 7.11 Å². The summed E-state index contributed by atoms with van der Waals surface area (Å²) in [6.45, 7) is 1.66. The summed E-state index contributed by atoms with van der Waals surface area (Å²) in [6, 6.07) is 17.8. The second-order valence-electron chi connectivity index (χ2n) is 8.22. The van der Waals surface area contributed by atoms with Crippen molar-refractivity contribution in [1.82, 2.24) is 4.90 Å². The number of benzene rings is 2. The molecule has 1 N–H and O–H groups in total. The van der Waals surface area contributed by atoms with E-state index in [2.05, 4.69) is 5.10 Å². The highest BCUT2D eigenvalue weighted by molar-refractivity contribution is 5.94. The van der Waals surface area contributed by atoms with Gasteiger partial charge < -0.3 is 14.7 Å². The van der Waals surface area contributed by atoms with Crippen LogP contribution in [0.2, 0.25) is 0 Å². The summed E-state index contributed by atoms with van der Waals surface area (Å²) in [5.74, 6) is 0.0242. The average molecular weight is 408 g/mol. The van der Waals surface area contributed by atoms with Gasteiger partial charge in [0, 0.05) is 38.4 Å². The standard InChI is InChI=1S/C24H29N3O3/c1-30-18-19-7-9-20(10-8-19)23(28)26-15-12-24(29,13-16-26)17-22-11-14-25-27(22)21-5-3-2-4-6-21/h2-10,14,22,29H,11-13,15-18H2,1H3. The zero-order chi connectivity index (χ0) is 21.0. The van der Waals surface area contributed by atoms with Crippen LogP contribution in [0.25, 0.3) is 0 Å². The maximum atomic E-state index is 12.8. The Morgan fingerprint density at radius 1 is 1.13 bits per heavy atom. The van der Waals surface area contributed by atoms with Gasteiger partial charge in [-0.1, -0.05) is 30.3 Å². The molecule has 2 heterocycles. The minimum atomic E-state index is -0.773. The second kappa shape index (κ2) is 8.98. The predicted molar refractivity (Wildman–Crippen MR) is 118 cm³/mol. The first-order valence-corrected chi connectivity index (χ1v) is 10.5. The number of piperidine rings is 1. The van der Waals surface area contributed by atoms with Crippen molar-refractivity contribution in [2.45, 2.75) is 43.9 Å². The zero-order valence-corrected chi connectivity index (χ0v) is 17.4. The number of amides is 1. The number of rotatable bonds is 6. The highest BCUT2D eigenvalue weighted by Gasteiger charge is 2.38. The van der Waals surface area contributed by atoms with E-state index in [-0.39, 0.29) is 11.9 Å². The highest BCUT2D eigenvalue weighted by Crippen LogP contribution is 2.33. The minimum Gasteiger partial charge on any atom is -0.390 e. The molecule has 1 amide bonds. The van der Waals surface area contributed by atoms with Crippen molar-refractivity contribution >= 4 is 17.8 Å². The molecule has 0 saturated carbocycles. The first-order valence-electron chi connectivity index (χ1n) is 10.5. The van der Waals surface area contributed by atoms with E-state index in [9.17, 15) is 9.90 Å². The molecule has 1 atom stereocenters. The smallest absolute Gasteiger partial charge is 0.253 e. The topological polar surface area (TPSA) is 65.4 Å². The minimum absolute atomic E-state index is 0.0242. The molecule has 6 nitrogen and oxygen atoms in total. The molecular formula is C24H29N3O3. The van der Waals surface area contributed by atoms with E-state index in [4.69, 9.17) is 4.74 Å². The maximum absolute atomic E-state index is 12.8. The molecule has 6 heteroatoms. The summed E-state index contributed by atoms with van der Waals surface area (Å²) in [5.41, 5.74) is 2.00. The van der Waals surface area contributed by atoms with Crippen LogP contribution in [0.5, 0.6) is 0 Å². The van der Waals surface area contributed by atoms with Gasteiger partial charge in [0.2, 0.25) is 0 Å². The van der Waals surface area contributed by atoms with E-state index in [0.29, 0.717) is 44.5 Å². The molecule has 2 aliphatic rings. The third kappa shape index (κ3) is 4.55. The third-order valence-electron chi connectivity index (χ3n) is 6.06. The second-order valence-corrected chi connectivity index (χ2v) is 8.22. The summed E-state index contributed by atoms with van der Waals surface area (Å²) >= 11 is 0. The summed E-state index contributed by atoms with van der Waals surface area (Å²) in [5, 5.41) is 17.7. The third-order valence-corrected chi connectivity index (χ3v) is 6.06. The Hall–Kier alpha value is -2.70. The summed E-state index contributed by atoms with van der Waals surface area (Å²) < 4.78 is 5.12. The Morgan fingerprint density at radius 3 is 2.50 bits per heavy atom. The molecule has 158 valence electrons. The molecular weight excluding hydrogens is 378 g/mol. The van der Waals surface area contributed by atoms with Gasteiger partial charge in [0.25, 0.3) is 5.91 Å². The Kier molecular flexibility index (Phi) is 6.16. The molecule has 0 spiro atoms. The Labute approximate surface area is 177 Å². The van der Waals surface area contributed by atoms with Crippen LogP contribution < -0.4 is 5.01 Å². The molecule has 2 aromatic rings. The van der Waals surface area contributed by atoms with Crippen molar-refractivity contribution in [3.8, 4) is 0 Å². The number of methoxy groups -OCH3 is 1. The maximum Gasteiger partial charge on any atom is 0.253 e. The number of hydrazone groups is 1. The van der Waals surface area contributed by atoms with Crippen LogP contribution in [0.15, 0.2) is 59.7 Å². The fraction of sp³-hybridized carbons (Fsp3) is 0.417. The quantitative estimate of drug-likeness (QED) is 0.797. The number of aliphatic hydroxyl groups is 1. The number of para-hydroxylation sites is 1. The summed E-state index contributed by atoms with van der Waals surface area (Å²) in [7, 11) is 1.66. The number of hydrogen-bond donors (Lipinski definition) is 1. The Bertz CT molecular complexity index is 874.